The summed E-state index contributed by atoms with van der Waals surface area (Å²) in [6, 6.07) is 18.3. The molecule has 1 aliphatic heterocycles. The molecule has 29 heavy (non-hydrogen) atoms. The van der Waals surface area contributed by atoms with Crippen LogP contribution in [0.2, 0.25) is 5.02 Å². The molecule has 1 aromatic heterocycles. The van der Waals surface area contributed by atoms with Crippen LogP contribution in [-0.4, -0.2) is 21.5 Å². The Kier molecular flexibility index (Phi) is 5.05. The molecule has 0 unspecified atom stereocenters. The lowest BCUT2D eigenvalue weighted by atomic mass is 10.1. The van der Waals surface area contributed by atoms with Gasteiger partial charge in [-0.25, -0.2) is 0 Å². The normalized spacial score (nSPS) is 15.7. The van der Waals surface area contributed by atoms with E-state index in [9.17, 15) is 9.59 Å². The van der Waals surface area contributed by atoms with Crippen LogP contribution in [0.4, 0.5) is 5.69 Å². The summed E-state index contributed by atoms with van der Waals surface area (Å²) < 4.78 is 1.87. The predicted molar refractivity (Wildman–Crippen MR) is 118 cm³/mol. The van der Waals surface area contributed by atoms with Crippen LogP contribution < -0.4 is 10.2 Å². The number of carbonyl (C=O) groups is 2. The Morgan fingerprint density at radius 1 is 1.00 bits per heavy atom. The Balaban J connectivity index is 1.76. The summed E-state index contributed by atoms with van der Waals surface area (Å²) >= 11 is 11.2. The highest BCUT2D eigenvalue weighted by Gasteiger charge is 2.35. The first-order valence-corrected chi connectivity index (χ1v) is 9.65. The van der Waals surface area contributed by atoms with Crippen LogP contribution in [0, 0.1) is 6.92 Å². The van der Waals surface area contributed by atoms with Crippen LogP contribution in [0.1, 0.15) is 11.3 Å². The molecule has 0 atom stereocenters. The third-order valence-electron chi connectivity index (χ3n) is 4.64. The SMILES string of the molecule is Cc1ccccc1N1C(=O)/C(=C/c2cccn2-c2ccc(Cl)cc2)C(=O)NC1=S. The third-order valence-corrected chi connectivity index (χ3v) is 5.17. The molecule has 7 heteroatoms. The van der Waals surface area contributed by atoms with Crippen molar-refractivity contribution in [1.29, 1.82) is 0 Å². The number of benzene rings is 2. The number of carbonyl (C=O) groups excluding carboxylic acids is 2. The molecule has 144 valence electrons. The molecular formula is C22H16ClN3O2S. The number of hydrogen-bond acceptors (Lipinski definition) is 3. The molecule has 0 radical (unpaired) electrons. The zero-order valence-corrected chi connectivity index (χ0v) is 17.0. The molecule has 1 N–H and O–H groups in total. The number of halogens is 1. The molecule has 1 fully saturated rings. The lowest BCUT2D eigenvalue weighted by Gasteiger charge is -2.30. The fraction of sp³-hybridized carbons (Fsp3) is 0.0455. The molecular weight excluding hydrogens is 406 g/mol. The second kappa shape index (κ2) is 7.66. The zero-order valence-electron chi connectivity index (χ0n) is 15.4. The lowest BCUT2D eigenvalue weighted by Crippen LogP contribution is -2.54. The van der Waals surface area contributed by atoms with Gasteiger partial charge in [-0.05, 0) is 73.2 Å². The van der Waals surface area contributed by atoms with Crippen molar-refractivity contribution in [1.82, 2.24) is 9.88 Å². The van der Waals surface area contributed by atoms with E-state index < -0.39 is 11.8 Å². The number of para-hydroxylation sites is 1. The number of thiocarbonyl (C=S) groups is 1. The van der Waals surface area contributed by atoms with Crippen LogP contribution in [0.5, 0.6) is 0 Å². The average Bonchev–Trinajstić information content (AvgIpc) is 3.15. The summed E-state index contributed by atoms with van der Waals surface area (Å²) in [7, 11) is 0. The number of aromatic nitrogens is 1. The molecule has 2 aromatic carbocycles. The molecule has 4 rings (SSSR count). The maximum atomic E-state index is 13.2. The van der Waals surface area contributed by atoms with Crippen molar-refractivity contribution < 1.29 is 9.59 Å². The Morgan fingerprint density at radius 2 is 1.72 bits per heavy atom. The molecule has 5 nitrogen and oxygen atoms in total. The number of rotatable bonds is 3. The summed E-state index contributed by atoms with van der Waals surface area (Å²) in [5.74, 6) is -0.981. The highest BCUT2D eigenvalue weighted by atomic mass is 35.5. The lowest BCUT2D eigenvalue weighted by molar-refractivity contribution is -0.122. The summed E-state index contributed by atoms with van der Waals surface area (Å²) in [5, 5.41) is 3.32. The minimum atomic E-state index is -0.520. The third kappa shape index (κ3) is 3.60. The van der Waals surface area contributed by atoms with Crippen molar-refractivity contribution in [2.75, 3.05) is 4.90 Å². The predicted octanol–water partition coefficient (Wildman–Crippen LogP) is 4.27. The molecule has 1 saturated heterocycles. The molecule has 3 aromatic rings. The van der Waals surface area contributed by atoms with Gasteiger partial charge >= 0.3 is 0 Å². The summed E-state index contributed by atoms with van der Waals surface area (Å²) in [4.78, 5) is 27.1. The molecule has 0 spiro atoms. The van der Waals surface area contributed by atoms with E-state index in [1.54, 1.807) is 24.3 Å². The van der Waals surface area contributed by atoms with E-state index in [1.165, 1.54) is 4.90 Å². The van der Waals surface area contributed by atoms with Crippen molar-refractivity contribution >= 4 is 52.5 Å². The van der Waals surface area contributed by atoms with Crippen LogP contribution in [0.25, 0.3) is 11.8 Å². The van der Waals surface area contributed by atoms with Gasteiger partial charge in [-0.3, -0.25) is 19.8 Å². The van der Waals surface area contributed by atoms with Gasteiger partial charge in [0.15, 0.2) is 5.11 Å². The van der Waals surface area contributed by atoms with Gasteiger partial charge in [-0.2, -0.15) is 0 Å². The molecule has 2 heterocycles. The van der Waals surface area contributed by atoms with Gasteiger partial charge in [0, 0.05) is 22.6 Å². The average molecular weight is 422 g/mol. The summed E-state index contributed by atoms with van der Waals surface area (Å²) in [5.41, 5.74) is 3.07. The minimum Gasteiger partial charge on any atom is -0.317 e. The fourth-order valence-corrected chi connectivity index (χ4v) is 3.59. The Labute approximate surface area is 178 Å². The van der Waals surface area contributed by atoms with Gasteiger partial charge < -0.3 is 4.57 Å². The van der Waals surface area contributed by atoms with Crippen LogP contribution >= 0.6 is 23.8 Å². The number of aryl methyl sites for hydroxylation is 1. The molecule has 0 bridgehead atoms. The number of amides is 2. The Morgan fingerprint density at radius 3 is 2.45 bits per heavy atom. The fourth-order valence-electron chi connectivity index (χ4n) is 3.19. The number of anilines is 1. The Bertz CT molecular complexity index is 1160. The van der Waals surface area contributed by atoms with Crippen LogP contribution in [0.3, 0.4) is 0 Å². The number of nitrogens with zero attached hydrogens (tertiary/aromatic N) is 2. The minimum absolute atomic E-state index is 0.00997. The zero-order chi connectivity index (χ0) is 20.5. The van der Waals surface area contributed by atoms with E-state index in [0.717, 1.165) is 11.3 Å². The highest BCUT2D eigenvalue weighted by Crippen LogP contribution is 2.26. The summed E-state index contributed by atoms with van der Waals surface area (Å²) in [6.07, 6.45) is 3.42. The van der Waals surface area contributed by atoms with E-state index in [0.29, 0.717) is 16.4 Å². The van der Waals surface area contributed by atoms with Crippen LogP contribution in [-0.2, 0) is 9.59 Å². The van der Waals surface area contributed by atoms with Crippen molar-refractivity contribution in [3.8, 4) is 5.69 Å². The van der Waals surface area contributed by atoms with Crippen molar-refractivity contribution in [2.24, 2.45) is 0 Å². The molecule has 1 aliphatic rings. The summed E-state index contributed by atoms with van der Waals surface area (Å²) in [6.45, 7) is 1.89. The van der Waals surface area contributed by atoms with Gasteiger partial charge in [0.1, 0.15) is 5.57 Å². The standard InChI is InChI=1S/C22H16ClN3O2S/c1-14-5-2-3-7-19(14)26-21(28)18(20(27)24-22(26)29)13-17-6-4-12-25(17)16-10-8-15(23)9-11-16/h2-13H,1H3,(H,24,27,29)/b18-13+. The maximum absolute atomic E-state index is 13.2. The van der Waals surface area contributed by atoms with Crippen molar-refractivity contribution in [3.05, 3.63) is 88.7 Å². The van der Waals surface area contributed by atoms with Gasteiger partial charge in [-0.15, -0.1) is 0 Å². The smallest absolute Gasteiger partial charge is 0.270 e. The molecule has 0 aliphatic carbocycles. The van der Waals surface area contributed by atoms with E-state index in [-0.39, 0.29) is 10.7 Å². The van der Waals surface area contributed by atoms with Gasteiger partial charge in [0.25, 0.3) is 11.8 Å². The van der Waals surface area contributed by atoms with E-state index in [1.807, 2.05) is 60.2 Å². The van der Waals surface area contributed by atoms with Gasteiger partial charge in [0.05, 0.1) is 5.69 Å². The second-order valence-corrected chi connectivity index (χ2v) is 7.35. The van der Waals surface area contributed by atoms with E-state index in [2.05, 4.69) is 5.32 Å². The van der Waals surface area contributed by atoms with Gasteiger partial charge in [-0.1, -0.05) is 29.8 Å². The first kappa shape index (κ1) is 19.1. The van der Waals surface area contributed by atoms with E-state index >= 15 is 0 Å². The maximum Gasteiger partial charge on any atom is 0.270 e. The second-order valence-electron chi connectivity index (χ2n) is 6.52. The number of nitrogens with one attached hydrogen (secondary N) is 1. The first-order chi connectivity index (χ1) is 14.0. The van der Waals surface area contributed by atoms with E-state index in [4.69, 9.17) is 23.8 Å². The van der Waals surface area contributed by atoms with Crippen molar-refractivity contribution in [2.45, 2.75) is 6.92 Å². The van der Waals surface area contributed by atoms with Crippen molar-refractivity contribution in [3.63, 3.8) is 0 Å². The number of hydrogen-bond donors (Lipinski definition) is 1. The topological polar surface area (TPSA) is 54.3 Å². The largest absolute Gasteiger partial charge is 0.317 e. The quantitative estimate of drug-likeness (QED) is 0.390. The van der Waals surface area contributed by atoms with Crippen LogP contribution in [0.15, 0.2) is 72.4 Å². The molecule has 2 amide bonds. The van der Waals surface area contributed by atoms with Gasteiger partial charge in [0.2, 0.25) is 0 Å². The first-order valence-electron chi connectivity index (χ1n) is 8.86. The Hall–Kier alpha value is -3.22. The molecule has 0 saturated carbocycles. The highest BCUT2D eigenvalue weighted by molar-refractivity contribution is 7.80. The monoisotopic (exact) mass is 421 g/mol.